The Kier molecular flexibility index (Phi) is 3.85. The molecule has 2 rings (SSSR count). The van der Waals surface area contributed by atoms with Gasteiger partial charge >= 0.3 is 0 Å². The van der Waals surface area contributed by atoms with Crippen LogP contribution in [0.1, 0.15) is 10.4 Å². The second-order valence-electron chi connectivity index (χ2n) is 4.12. The first-order chi connectivity index (χ1) is 8.97. The van der Waals surface area contributed by atoms with Crippen LogP contribution in [0, 0.1) is 5.82 Å². The summed E-state index contributed by atoms with van der Waals surface area (Å²) in [6.07, 6.45) is 0. The lowest BCUT2D eigenvalue weighted by Gasteiger charge is -2.17. The number of carbonyl (C=O) groups excluding carboxylic acids is 1. The molecular formula is C14H12BrFN2O. The van der Waals surface area contributed by atoms with Gasteiger partial charge in [-0.1, -0.05) is 22.0 Å². The summed E-state index contributed by atoms with van der Waals surface area (Å²) in [7, 11) is 1.59. The molecular weight excluding hydrogens is 311 g/mol. The first-order valence-electron chi connectivity index (χ1n) is 5.57. The van der Waals surface area contributed by atoms with E-state index in [0.29, 0.717) is 16.9 Å². The van der Waals surface area contributed by atoms with Crippen LogP contribution in [0.2, 0.25) is 0 Å². The van der Waals surface area contributed by atoms with Crippen LogP contribution in [-0.2, 0) is 0 Å². The highest BCUT2D eigenvalue weighted by Gasteiger charge is 2.14. The Bertz CT molecular complexity index is 610. The molecule has 2 aromatic rings. The first-order valence-corrected chi connectivity index (χ1v) is 6.36. The summed E-state index contributed by atoms with van der Waals surface area (Å²) in [5.41, 5.74) is 7.12. The molecule has 5 heteroatoms. The maximum Gasteiger partial charge on any atom is 0.258 e. The van der Waals surface area contributed by atoms with Gasteiger partial charge in [-0.15, -0.1) is 0 Å². The third-order valence-electron chi connectivity index (χ3n) is 2.67. The number of hydrogen-bond acceptors (Lipinski definition) is 2. The molecule has 19 heavy (non-hydrogen) atoms. The van der Waals surface area contributed by atoms with Crippen LogP contribution in [0.25, 0.3) is 0 Å². The maximum absolute atomic E-state index is 13.2. The van der Waals surface area contributed by atoms with E-state index in [1.807, 2.05) is 0 Å². The van der Waals surface area contributed by atoms with E-state index in [1.54, 1.807) is 37.4 Å². The number of nitrogens with two attached hydrogens (primary N) is 1. The zero-order chi connectivity index (χ0) is 14.0. The standard InChI is InChI=1S/C14H12BrFN2O/c1-18(13-4-2-3-11(16)8-13)14(19)9-5-10(15)7-12(17)6-9/h2-8H,17H2,1H3. The van der Waals surface area contributed by atoms with Crippen LogP contribution in [0.5, 0.6) is 0 Å². The van der Waals surface area contributed by atoms with Crippen molar-refractivity contribution in [2.24, 2.45) is 0 Å². The van der Waals surface area contributed by atoms with Gasteiger partial charge in [0.25, 0.3) is 5.91 Å². The van der Waals surface area contributed by atoms with Crippen molar-refractivity contribution in [2.45, 2.75) is 0 Å². The number of amides is 1. The summed E-state index contributed by atoms with van der Waals surface area (Å²) < 4.78 is 13.9. The van der Waals surface area contributed by atoms with Gasteiger partial charge in [-0.3, -0.25) is 4.79 Å². The minimum Gasteiger partial charge on any atom is -0.399 e. The third-order valence-corrected chi connectivity index (χ3v) is 3.13. The zero-order valence-corrected chi connectivity index (χ0v) is 11.8. The van der Waals surface area contributed by atoms with E-state index in [1.165, 1.54) is 17.0 Å². The van der Waals surface area contributed by atoms with Gasteiger partial charge in [-0.25, -0.2) is 4.39 Å². The highest BCUT2D eigenvalue weighted by Crippen LogP contribution is 2.21. The normalized spacial score (nSPS) is 10.3. The third kappa shape index (κ3) is 3.12. The fraction of sp³-hybridized carbons (Fsp3) is 0.0714. The van der Waals surface area contributed by atoms with Gasteiger partial charge in [0.1, 0.15) is 5.82 Å². The summed E-state index contributed by atoms with van der Waals surface area (Å²) in [5, 5.41) is 0. The molecule has 0 radical (unpaired) electrons. The second-order valence-corrected chi connectivity index (χ2v) is 5.03. The van der Waals surface area contributed by atoms with Crippen molar-refractivity contribution in [3.05, 3.63) is 58.3 Å². The Labute approximate surface area is 119 Å². The van der Waals surface area contributed by atoms with Gasteiger partial charge in [0.15, 0.2) is 0 Å². The van der Waals surface area contributed by atoms with Gasteiger partial charge in [0.2, 0.25) is 0 Å². The monoisotopic (exact) mass is 322 g/mol. The van der Waals surface area contributed by atoms with Crippen LogP contribution < -0.4 is 10.6 Å². The lowest BCUT2D eigenvalue weighted by atomic mass is 10.1. The molecule has 0 unspecified atom stereocenters. The Hall–Kier alpha value is -1.88. The molecule has 3 nitrogen and oxygen atoms in total. The molecule has 98 valence electrons. The lowest BCUT2D eigenvalue weighted by Crippen LogP contribution is -2.26. The number of halogens is 2. The van der Waals surface area contributed by atoms with E-state index in [4.69, 9.17) is 5.73 Å². The Morgan fingerprint density at radius 1 is 1.26 bits per heavy atom. The summed E-state index contributed by atoms with van der Waals surface area (Å²) in [6.45, 7) is 0. The predicted molar refractivity (Wildman–Crippen MR) is 77.7 cm³/mol. The molecule has 0 atom stereocenters. The van der Waals surface area contributed by atoms with E-state index in [-0.39, 0.29) is 11.7 Å². The van der Waals surface area contributed by atoms with E-state index in [2.05, 4.69) is 15.9 Å². The lowest BCUT2D eigenvalue weighted by molar-refractivity contribution is 0.0993. The molecule has 0 aliphatic rings. The summed E-state index contributed by atoms with van der Waals surface area (Å²) in [5.74, 6) is -0.635. The van der Waals surface area contributed by atoms with Gasteiger partial charge in [0, 0.05) is 28.5 Å². The topological polar surface area (TPSA) is 46.3 Å². The number of hydrogen-bond donors (Lipinski definition) is 1. The Morgan fingerprint density at radius 2 is 2.00 bits per heavy atom. The number of rotatable bonds is 2. The molecule has 2 N–H and O–H groups in total. The largest absolute Gasteiger partial charge is 0.399 e. The van der Waals surface area contributed by atoms with Crippen molar-refractivity contribution in [2.75, 3.05) is 17.7 Å². The van der Waals surface area contributed by atoms with Gasteiger partial charge < -0.3 is 10.6 Å². The molecule has 0 fully saturated rings. The van der Waals surface area contributed by atoms with Crippen LogP contribution >= 0.6 is 15.9 Å². The number of benzene rings is 2. The molecule has 2 aromatic carbocycles. The highest BCUT2D eigenvalue weighted by molar-refractivity contribution is 9.10. The van der Waals surface area contributed by atoms with Crippen LogP contribution in [0.3, 0.4) is 0 Å². The van der Waals surface area contributed by atoms with Gasteiger partial charge in [0.05, 0.1) is 0 Å². The number of nitrogens with zero attached hydrogens (tertiary/aromatic N) is 1. The molecule has 0 bridgehead atoms. The molecule has 0 aliphatic carbocycles. The van der Waals surface area contributed by atoms with E-state index in [9.17, 15) is 9.18 Å². The molecule has 0 heterocycles. The fourth-order valence-corrected chi connectivity index (χ4v) is 2.24. The molecule has 0 spiro atoms. The molecule has 0 aromatic heterocycles. The fourth-order valence-electron chi connectivity index (χ4n) is 1.73. The number of anilines is 2. The molecule has 0 saturated carbocycles. The van der Waals surface area contributed by atoms with Crippen molar-refractivity contribution in [1.29, 1.82) is 0 Å². The van der Waals surface area contributed by atoms with Crippen LogP contribution in [-0.4, -0.2) is 13.0 Å². The van der Waals surface area contributed by atoms with E-state index < -0.39 is 0 Å². The Morgan fingerprint density at radius 3 is 2.63 bits per heavy atom. The summed E-state index contributed by atoms with van der Waals surface area (Å²) in [6, 6.07) is 10.8. The molecule has 0 saturated heterocycles. The SMILES string of the molecule is CN(C(=O)c1cc(N)cc(Br)c1)c1cccc(F)c1. The van der Waals surface area contributed by atoms with E-state index >= 15 is 0 Å². The van der Waals surface area contributed by atoms with E-state index in [0.717, 1.165) is 4.47 Å². The first kappa shape index (κ1) is 13.5. The van der Waals surface area contributed by atoms with Crippen molar-refractivity contribution in [3.8, 4) is 0 Å². The van der Waals surface area contributed by atoms with Crippen LogP contribution in [0.15, 0.2) is 46.9 Å². The van der Waals surface area contributed by atoms with Crippen LogP contribution in [0.4, 0.5) is 15.8 Å². The predicted octanol–water partition coefficient (Wildman–Crippen LogP) is 3.45. The molecule has 1 amide bonds. The van der Waals surface area contributed by atoms with Crippen molar-refractivity contribution in [3.63, 3.8) is 0 Å². The summed E-state index contributed by atoms with van der Waals surface area (Å²) >= 11 is 3.29. The van der Waals surface area contributed by atoms with Crippen molar-refractivity contribution in [1.82, 2.24) is 0 Å². The van der Waals surface area contributed by atoms with Gasteiger partial charge in [-0.05, 0) is 36.4 Å². The zero-order valence-electron chi connectivity index (χ0n) is 10.2. The van der Waals surface area contributed by atoms with Crippen molar-refractivity contribution < 1.29 is 9.18 Å². The minimum absolute atomic E-state index is 0.251. The number of nitrogen functional groups attached to an aromatic ring is 1. The van der Waals surface area contributed by atoms with Crippen molar-refractivity contribution >= 4 is 33.2 Å². The smallest absolute Gasteiger partial charge is 0.258 e. The second kappa shape index (κ2) is 5.40. The summed E-state index contributed by atoms with van der Waals surface area (Å²) in [4.78, 5) is 13.7. The minimum atomic E-state index is -0.383. The average Bonchev–Trinajstić information content (AvgIpc) is 2.36. The Balaban J connectivity index is 2.33. The number of carbonyl (C=O) groups is 1. The average molecular weight is 323 g/mol. The molecule has 0 aliphatic heterocycles. The van der Waals surface area contributed by atoms with Gasteiger partial charge in [-0.2, -0.15) is 0 Å². The highest BCUT2D eigenvalue weighted by atomic mass is 79.9. The maximum atomic E-state index is 13.2. The quantitative estimate of drug-likeness (QED) is 0.861.